The molecular formula is C13H19NO. The van der Waals surface area contributed by atoms with E-state index >= 15 is 0 Å². The van der Waals surface area contributed by atoms with Gasteiger partial charge < -0.3 is 0 Å². The number of rotatable bonds is 5. The first-order valence-corrected chi connectivity index (χ1v) is 5.63. The Morgan fingerprint density at radius 2 is 2.07 bits per heavy atom. The number of pyridine rings is 1. The second kappa shape index (κ2) is 5.64. The van der Waals surface area contributed by atoms with Crippen LogP contribution in [0.1, 0.15) is 49.2 Å². The Bertz CT molecular complexity index is 329. The Balaban J connectivity index is 2.68. The third-order valence-electron chi connectivity index (χ3n) is 2.83. The lowest BCUT2D eigenvalue weighted by Crippen LogP contribution is -2.09. The highest BCUT2D eigenvalue weighted by Gasteiger charge is 2.13. The van der Waals surface area contributed by atoms with E-state index in [0.717, 1.165) is 18.4 Å². The molecule has 0 N–H and O–H groups in total. The van der Waals surface area contributed by atoms with E-state index in [-0.39, 0.29) is 5.78 Å². The van der Waals surface area contributed by atoms with Gasteiger partial charge in [-0.1, -0.05) is 26.7 Å². The van der Waals surface area contributed by atoms with Gasteiger partial charge in [-0.15, -0.1) is 0 Å². The second-order valence-corrected chi connectivity index (χ2v) is 4.03. The van der Waals surface area contributed by atoms with Gasteiger partial charge in [0.05, 0.1) is 0 Å². The SMILES string of the molecule is CCC(CC)CC(=O)c1cc(C)ccn1. The van der Waals surface area contributed by atoms with Crippen LogP contribution in [0.4, 0.5) is 0 Å². The Labute approximate surface area is 91.7 Å². The Morgan fingerprint density at radius 3 is 2.60 bits per heavy atom. The summed E-state index contributed by atoms with van der Waals surface area (Å²) in [5.41, 5.74) is 1.71. The van der Waals surface area contributed by atoms with Crippen LogP contribution in [0.5, 0.6) is 0 Å². The van der Waals surface area contributed by atoms with Gasteiger partial charge in [0.2, 0.25) is 0 Å². The lowest BCUT2D eigenvalue weighted by Gasteiger charge is -2.10. The third-order valence-corrected chi connectivity index (χ3v) is 2.83. The fourth-order valence-electron chi connectivity index (χ4n) is 1.63. The number of nitrogens with zero attached hydrogens (tertiary/aromatic N) is 1. The zero-order valence-corrected chi connectivity index (χ0v) is 9.79. The molecule has 0 saturated carbocycles. The molecule has 0 aliphatic rings. The third kappa shape index (κ3) is 3.46. The van der Waals surface area contributed by atoms with E-state index in [9.17, 15) is 4.79 Å². The summed E-state index contributed by atoms with van der Waals surface area (Å²) >= 11 is 0. The Kier molecular flexibility index (Phi) is 4.47. The average Bonchev–Trinajstić information content (AvgIpc) is 2.25. The molecule has 2 heteroatoms. The van der Waals surface area contributed by atoms with Crippen LogP contribution in [0.15, 0.2) is 18.3 Å². The minimum atomic E-state index is 0.174. The number of hydrogen-bond acceptors (Lipinski definition) is 2. The molecule has 0 aliphatic carbocycles. The second-order valence-electron chi connectivity index (χ2n) is 4.03. The van der Waals surface area contributed by atoms with Gasteiger partial charge in [0.1, 0.15) is 5.69 Å². The number of ketones is 1. The smallest absolute Gasteiger partial charge is 0.181 e. The van der Waals surface area contributed by atoms with Crippen molar-refractivity contribution in [1.29, 1.82) is 0 Å². The minimum absolute atomic E-state index is 0.174. The van der Waals surface area contributed by atoms with Gasteiger partial charge >= 0.3 is 0 Å². The van der Waals surface area contributed by atoms with E-state index < -0.39 is 0 Å². The maximum absolute atomic E-state index is 11.9. The van der Waals surface area contributed by atoms with Crippen molar-refractivity contribution in [1.82, 2.24) is 4.98 Å². The first-order chi connectivity index (χ1) is 7.17. The number of aryl methyl sites for hydroxylation is 1. The highest BCUT2D eigenvalue weighted by atomic mass is 16.1. The summed E-state index contributed by atoms with van der Waals surface area (Å²) in [5, 5.41) is 0. The summed E-state index contributed by atoms with van der Waals surface area (Å²) in [6.07, 6.45) is 4.46. The molecule has 2 nitrogen and oxygen atoms in total. The molecule has 0 aliphatic heterocycles. The quantitative estimate of drug-likeness (QED) is 0.689. The van der Waals surface area contributed by atoms with E-state index in [1.807, 2.05) is 19.1 Å². The number of carbonyl (C=O) groups excluding carboxylic acids is 1. The first-order valence-electron chi connectivity index (χ1n) is 5.63. The molecule has 0 amide bonds. The monoisotopic (exact) mass is 205 g/mol. The van der Waals surface area contributed by atoms with Crippen molar-refractivity contribution < 1.29 is 4.79 Å². The molecule has 0 fully saturated rings. The van der Waals surface area contributed by atoms with Crippen LogP contribution < -0.4 is 0 Å². The predicted octanol–water partition coefficient (Wildman–Crippen LogP) is 3.40. The van der Waals surface area contributed by atoms with Crippen molar-refractivity contribution in [3.8, 4) is 0 Å². The summed E-state index contributed by atoms with van der Waals surface area (Å²) in [6, 6.07) is 3.78. The fourth-order valence-corrected chi connectivity index (χ4v) is 1.63. The summed E-state index contributed by atoms with van der Waals surface area (Å²) in [7, 11) is 0. The highest BCUT2D eigenvalue weighted by Crippen LogP contribution is 2.15. The number of carbonyl (C=O) groups is 1. The fraction of sp³-hybridized carbons (Fsp3) is 0.538. The van der Waals surface area contributed by atoms with E-state index in [0.29, 0.717) is 18.0 Å². The molecular weight excluding hydrogens is 186 g/mol. The van der Waals surface area contributed by atoms with Gasteiger partial charge in [0, 0.05) is 12.6 Å². The van der Waals surface area contributed by atoms with Crippen molar-refractivity contribution in [2.75, 3.05) is 0 Å². The molecule has 15 heavy (non-hydrogen) atoms. The largest absolute Gasteiger partial charge is 0.292 e. The predicted molar refractivity (Wildman–Crippen MR) is 62.0 cm³/mol. The summed E-state index contributed by atoms with van der Waals surface area (Å²) in [4.78, 5) is 16.0. The van der Waals surface area contributed by atoms with Gasteiger partial charge in [-0.3, -0.25) is 9.78 Å². The van der Waals surface area contributed by atoms with E-state index in [1.165, 1.54) is 0 Å². The summed E-state index contributed by atoms with van der Waals surface area (Å²) in [5.74, 6) is 0.673. The van der Waals surface area contributed by atoms with Crippen molar-refractivity contribution in [2.45, 2.75) is 40.0 Å². The molecule has 0 spiro atoms. The molecule has 0 bridgehead atoms. The van der Waals surface area contributed by atoms with Crippen molar-refractivity contribution in [2.24, 2.45) is 5.92 Å². The lowest BCUT2D eigenvalue weighted by atomic mass is 9.95. The van der Waals surface area contributed by atoms with Crippen LogP contribution in [-0.4, -0.2) is 10.8 Å². The molecule has 82 valence electrons. The number of aromatic nitrogens is 1. The van der Waals surface area contributed by atoms with Crippen LogP contribution in [0.25, 0.3) is 0 Å². The van der Waals surface area contributed by atoms with Gasteiger partial charge in [-0.05, 0) is 30.5 Å². The number of Topliss-reactive ketones (excluding diaryl/α,β-unsaturated/α-hetero) is 1. The van der Waals surface area contributed by atoms with E-state index in [4.69, 9.17) is 0 Å². The molecule has 1 aromatic heterocycles. The van der Waals surface area contributed by atoms with E-state index in [2.05, 4.69) is 18.8 Å². The van der Waals surface area contributed by atoms with Crippen LogP contribution in [0.2, 0.25) is 0 Å². The molecule has 0 unspecified atom stereocenters. The zero-order chi connectivity index (χ0) is 11.3. The van der Waals surface area contributed by atoms with Crippen LogP contribution in [0.3, 0.4) is 0 Å². The van der Waals surface area contributed by atoms with Crippen molar-refractivity contribution >= 4 is 5.78 Å². The highest BCUT2D eigenvalue weighted by molar-refractivity contribution is 5.94. The minimum Gasteiger partial charge on any atom is -0.292 e. The molecule has 0 radical (unpaired) electrons. The van der Waals surface area contributed by atoms with Crippen LogP contribution in [0, 0.1) is 12.8 Å². The molecule has 0 saturated heterocycles. The molecule has 0 aromatic carbocycles. The first kappa shape index (κ1) is 11.9. The molecule has 1 heterocycles. The maximum atomic E-state index is 11.9. The van der Waals surface area contributed by atoms with Crippen LogP contribution >= 0.6 is 0 Å². The van der Waals surface area contributed by atoms with Gasteiger partial charge in [-0.25, -0.2) is 0 Å². The molecule has 1 rings (SSSR count). The average molecular weight is 205 g/mol. The number of hydrogen-bond donors (Lipinski definition) is 0. The topological polar surface area (TPSA) is 30.0 Å². The van der Waals surface area contributed by atoms with Gasteiger partial charge in [-0.2, -0.15) is 0 Å². The Morgan fingerprint density at radius 1 is 1.40 bits per heavy atom. The normalized spacial score (nSPS) is 10.7. The molecule has 0 atom stereocenters. The van der Waals surface area contributed by atoms with Gasteiger partial charge in [0.15, 0.2) is 5.78 Å². The Hall–Kier alpha value is -1.18. The maximum Gasteiger partial charge on any atom is 0.181 e. The van der Waals surface area contributed by atoms with Gasteiger partial charge in [0.25, 0.3) is 0 Å². The van der Waals surface area contributed by atoms with Crippen molar-refractivity contribution in [3.63, 3.8) is 0 Å². The van der Waals surface area contributed by atoms with Crippen LogP contribution in [-0.2, 0) is 0 Å². The standard InChI is InChI=1S/C13H19NO/c1-4-11(5-2)9-13(15)12-8-10(3)6-7-14-12/h6-8,11H,4-5,9H2,1-3H3. The summed E-state index contributed by atoms with van der Waals surface area (Å²) in [6.45, 7) is 6.24. The molecule has 1 aromatic rings. The summed E-state index contributed by atoms with van der Waals surface area (Å²) < 4.78 is 0. The lowest BCUT2D eigenvalue weighted by molar-refractivity contribution is 0.0953. The van der Waals surface area contributed by atoms with E-state index in [1.54, 1.807) is 6.20 Å². The van der Waals surface area contributed by atoms with Crippen molar-refractivity contribution in [3.05, 3.63) is 29.6 Å². The zero-order valence-electron chi connectivity index (χ0n) is 9.79.